The lowest BCUT2D eigenvalue weighted by Crippen LogP contribution is -1.97. The van der Waals surface area contributed by atoms with Crippen molar-refractivity contribution in [3.63, 3.8) is 0 Å². The van der Waals surface area contributed by atoms with Crippen LogP contribution in [0.5, 0.6) is 0 Å². The molecule has 1 saturated carbocycles. The second-order valence-corrected chi connectivity index (χ2v) is 4.55. The van der Waals surface area contributed by atoms with Crippen molar-refractivity contribution in [2.45, 2.75) is 52.4 Å². The van der Waals surface area contributed by atoms with Gasteiger partial charge in [0, 0.05) is 0 Å². The summed E-state index contributed by atoms with van der Waals surface area (Å²) >= 11 is 0. The van der Waals surface area contributed by atoms with E-state index in [1.54, 1.807) is 0 Å². The van der Waals surface area contributed by atoms with Crippen LogP contribution in [0.3, 0.4) is 0 Å². The molecule has 1 fully saturated rings. The van der Waals surface area contributed by atoms with Crippen molar-refractivity contribution in [2.24, 2.45) is 5.92 Å². The molecule has 0 N–H and O–H groups in total. The molecule has 1 aromatic carbocycles. The average molecular weight is 204 g/mol. The summed E-state index contributed by atoms with van der Waals surface area (Å²) in [6, 6.07) is 10.9. The number of hydrogen-bond acceptors (Lipinski definition) is 0. The largest absolute Gasteiger partial charge is 0.0656 e. The monoisotopic (exact) mass is 204 g/mol. The molecule has 0 atom stereocenters. The number of rotatable bonds is 2. The van der Waals surface area contributed by atoms with E-state index in [2.05, 4.69) is 44.2 Å². The highest BCUT2D eigenvalue weighted by Gasteiger charge is 2.14. The molecular weight excluding hydrogens is 180 g/mol. The van der Waals surface area contributed by atoms with Crippen LogP contribution in [0.15, 0.2) is 30.3 Å². The fraction of sp³-hybridized carbons (Fsp3) is 0.600. The maximum atomic E-state index is 2.25. The molecule has 0 aliphatic heterocycles. The van der Waals surface area contributed by atoms with E-state index in [1.165, 1.54) is 44.1 Å². The third-order valence-corrected chi connectivity index (χ3v) is 2.84. The van der Waals surface area contributed by atoms with Gasteiger partial charge in [-0.2, -0.15) is 0 Å². The Hall–Kier alpha value is -0.780. The Morgan fingerprint density at radius 2 is 1.53 bits per heavy atom. The highest BCUT2D eigenvalue weighted by Crippen LogP contribution is 2.27. The summed E-state index contributed by atoms with van der Waals surface area (Å²) in [6.07, 6.45) is 8.37. The normalized spacial score (nSPS) is 15.9. The van der Waals surface area contributed by atoms with E-state index >= 15 is 0 Å². The first kappa shape index (κ1) is 12.3. The molecule has 1 aliphatic carbocycles. The van der Waals surface area contributed by atoms with Crippen LogP contribution in [-0.2, 0) is 6.42 Å². The molecule has 0 bridgehead atoms. The van der Waals surface area contributed by atoms with Crippen molar-refractivity contribution in [3.8, 4) is 0 Å². The lowest BCUT2D eigenvalue weighted by molar-refractivity contribution is 0.546. The van der Waals surface area contributed by atoms with Crippen LogP contribution in [0.25, 0.3) is 0 Å². The van der Waals surface area contributed by atoms with E-state index in [9.17, 15) is 0 Å². The first-order valence-corrected chi connectivity index (χ1v) is 6.40. The predicted molar refractivity (Wildman–Crippen MR) is 68.1 cm³/mol. The highest BCUT2D eigenvalue weighted by molar-refractivity contribution is 5.15. The Morgan fingerprint density at radius 1 is 1.00 bits per heavy atom. The summed E-state index contributed by atoms with van der Waals surface area (Å²) in [5, 5.41) is 0. The van der Waals surface area contributed by atoms with Gasteiger partial charge in [0.05, 0.1) is 0 Å². The lowest BCUT2D eigenvalue weighted by Gasteiger charge is -2.07. The molecule has 0 aromatic heterocycles. The first-order valence-electron chi connectivity index (χ1n) is 6.40. The van der Waals surface area contributed by atoms with E-state index in [0.29, 0.717) is 0 Å². The summed E-state index contributed by atoms with van der Waals surface area (Å²) in [5.41, 5.74) is 1.52. The topological polar surface area (TPSA) is 0 Å². The number of benzene rings is 1. The maximum absolute atomic E-state index is 2.25. The molecule has 0 nitrogen and oxygen atoms in total. The minimum absolute atomic E-state index is 0.979. The van der Waals surface area contributed by atoms with Gasteiger partial charge in [-0.25, -0.2) is 0 Å². The summed E-state index contributed by atoms with van der Waals surface area (Å²) in [6.45, 7) is 4.25. The molecule has 1 aromatic rings. The summed E-state index contributed by atoms with van der Waals surface area (Å²) in [7, 11) is 0. The molecule has 84 valence electrons. The molecule has 0 radical (unpaired) electrons. The fourth-order valence-electron chi connectivity index (χ4n) is 2.16. The van der Waals surface area contributed by atoms with E-state index in [-0.39, 0.29) is 0 Å². The van der Waals surface area contributed by atoms with Gasteiger partial charge in [-0.05, 0) is 17.9 Å². The van der Waals surface area contributed by atoms with Gasteiger partial charge in [0.15, 0.2) is 0 Å². The van der Waals surface area contributed by atoms with Crippen molar-refractivity contribution in [3.05, 3.63) is 35.9 Å². The van der Waals surface area contributed by atoms with Crippen LogP contribution in [0.4, 0.5) is 0 Å². The molecule has 2 rings (SSSR count). The Morgan fingerprint density at radius 3 is 2.07 bits per heavy atom. The molecule has 0 heteroatoms. The Bertz CT molecular complexity index is 231. The van der Waals surface area contributed by atoms with Gasteiger partial charge in [0.1, 0.15) is 0 Å². The minimum atomic E-state index is 0.979. The summed E-state index contributed by atoms with van der Waals surface area (Å²) < 4.78 is 0. The third-order valence-electron chi connectivity index (χ3n) is 2.84. The van der Waals surface area contributed by atoms with Gasteiger partial charge in [-0.3, -0.25) is 0 Å². The van der Waals surface area contributed by atoms with Crippen molar-refractivity contribution >= 4 is 0 Å². The zero-order valence-electron chi connectivity index (χ0n) is 10.2. The van der Waals surface area contributed by atoms with Gasteiger partial charge >= 0.3 is 0 Å². The van der Waals surface area contributed by atoms with Crippen LogP contribution < -0.4 is 0 Å². The molecular formula is C15H24. The standard InChI is InChI=1S/C12H16.C3H8/c1-2-6-11(7-3-1)10-12-8-4-5-9-12;1-3-2/h1-3,6-7,12H,4-5,8-10H2;3H2,1-2H3. The molecule has 15 heavy (non-hydrogen) atoms. The molecule has 0 saturated heterocycles. The van der Waals surface area contributed by atoms with Crippen molar-refractivity contribution in [2.75, 3.05) is 0 Å². The zero-order chi connectivity index (χ0) is 10.9. The summed E-state index contributed by atoms with van der Waals surface area (Å²) in [5.74, 6) is 0.979. The maximum Gasteiger partial charge on any atom is -0.0250 e. The van der Waals surface area contributed by atoms with E-state index in [0.717, 1.165) is 5.92 Å². The molecule has 0 amide bonds. The third kappa shape index (κ3) is 5.01. The van der Waals surface area contributed by atoms with E-state index < -0.39 is 0 Å². The van der Waals surface area contributed by atoms with Crippen molar-refractivity contribution in [1.29, 1.82) is 0 Å². The van der Waals surface area contributed by atoms with Crippen LogP contribution in [0.2, 0.25) is 0 Å². The van der Waals surface area contributed by atoms with Gasteiger partial charge < -0.3 is 0 Å². The summed E-state index contributed by atoms with van der Waals surface area (Å²) in [4.78, 5) is 0. The lowest BCUT2D eigenvalue weighted by atomic mass is 9.98. The molecule has 0 heterocycles. The second kappa shape index (κ2) is 7.50. The zero-order valence-corrected chi connectivity index (χ0v) is 10.2. The highest BCUT2D eigenvalue weighted by atomic mass is 14.2. The Kier molecular flexibility index (Phi) is 6.15. The van der Waals surface area contributed by atoms with Crippen molar-refractivity contribution < 1.29 is 0 Å². The molecule has 0 spiro atoms. The van der Waals surface area contributed by atoms with Crippen molar-refractivity contribution in [1.82, 2.24) is 0 Å². The molecule has 1 aliphatic rings. The van der Waals surface area contributed by atoms with Crippen LogP contribution in [0.1, 0.15) is 51.5 Å². The smallest absolute Gasteiger partial charge is 0.0250 e. The van der Waals surface area contributed by atoms with Gasteiger partial charge in [0.2, 0.25) is 0 Å². The van der Waals surface area contributed by atoms with Crippen LogP contribution >= 0.6 is 0 Å². The SMILES string of the molecule is CCC.c1ccc(CC2CCCC2)cc1. The van der Waals surface area contributed by atoms with Gasteiger partial charge in [-0.1, -0.05) is 76.3 Å². The Balaban J connectivity index is 0.000000337. The predicted octanol–water partition coefficient (Wildman–Crippen LogP) is 4.84. The Labute approximate surface area is 94.7 Å². The molecule has 0 unspecified atom stereocenters. The average Bonchev–Trinajstić information content (AvgIpc) is 2.73. The van der Waals surface area contributed by atoms with Gasteiger partial charge in [-0.15, -0.1) is 0 Å². The second-order valence-electron chi connectivity index (χ2n) is 4.55. The van der Waals surface area contributed by atoms with E-state index in [1.807, 2.05) is 0 Å². The minimum Gasteiger partial charge on any atom is -0.0656 e. The van der Waals surface area contributed by atoms with Crippen LogP contribution in [0, 0.1) is 5.92 Å². The van der Waals surface area contributed by atoms with E-state index in [4.69, 9.17) is 0 Å². The van der Waals surface area contributed by atoms with Crippen LogP contribution in [-0.4, -0.2) is 0 Å². The first-order chi connectivity index (χ1) is 7.36. The number of hydrogen-bond donors (Lipinski definition) is 0. The van der Waals surface area contributed by atoms with Gasteiger partial charge in [0.25, 0.3) is 0 Å². The fourth-order valence-corrected chi connectivity index (χ4v) is 2.16. The quantitative estimate of drug-likeness (QED) is 0.647.